The Hall–Kier alpha value is -0.940. The van der Waals surface area contributed by atoms with E-state index in [1.807, 2.05) is 12.3 Å². The van der Waals surface area contributed by atoms with Gasteiger partial charge in [-0.3, -0.25) is 4.98 Å². The zero-order valence-corrected chi connectivity index (χ0v) is 12.1. The first-order valence-corrected chi connectivity index (χ1v) is 8.31. The number of nitrogens with zero attached hydrogens (tertiary/aromatic N) is 1. The molecule has 0 fully saturated rings. The van der Waals surface area contributed by atoms with Crippen molar-refractivity contribution in [3.05, 3.63) is 29.6 Å². The van der Waals surface area contributed by atoms with Gasteiger partial charge in [0.05, 0.1) is 0 Å². The van der Waals surface area contributed by atoms with E-state index in [1.54, 1.807) is 6.20 Å². The first-order valence-electron chi connectivity index (χ1n) is 6.25. The molecule has 1 heterocycles. The highest BCUT2D eigenvalue weighted by atomic mass is 32.2. The summed E-state index contributed by atoms with van der Waals surface area (Å²) in [6, 6.07) is 2.17. The second kappa shape index (κ2) is 6.85. The van der Waals surface area contributed by atoms with Crippen LogP contribution < -0.4 is 5.32 Å². The van der Waals surface area contributed by atoms with Gasteiger partial charge in [0.15, 0.2) is 0 Å². The van der Waals surface area contributed by atoms with Crippen LogP contribution in [-0.2, 0) is 9.84 Å². The summed E-state index contributed by atoms with van der Waals surface area (Å²) >= 11 is 0. The number of sulfone groups is 1. The summed E-state index contributed by atoms with van der Waals surface area (Å²) in [5, 5.41) is 3.39. The number of hydrogen-bond acceptors (Lipinski definition) is 4. The minimum Gasteiger partial charge on any atom is -0.310 e. The summed E-state index contributed by atoms with van der Waals surface area (Å²) < 4.78 is 22.3. The van der Waals surface area contributed by atoms with Gasteiger partial charge in [-0.2, -0.15) is 0 Å². The molecule has 1 rings (SSSR count). The Morgan fingerprint density at radius 1 is 1.44 bits per heavy atom. The fourth-order valence-electron chi connectivity index (χ4n) is 2.00. The fraction of sp³-hybridized carbons (Fsp3) is 0.615. The molecule has 0 spiro atoms. The van der Waals surface area contributed by atoms with Gasteiger partial charge in [0, 0.05) is 30.4 Å². The first kappa shape index (κ1) is 15.1. The lowest BCUT2D eigenvalue weighted by Gasteiger charge is -2.19. The maximum Gasteiger partial charge on any atom is 0.147 e. The molecule has 18 heavy (non-hydrogen) atoms. The van der Waals surface area contributed by atoms with Crippen molar-refractivity contribution < 1.29 is 8.42 Å². The van der Waals surface area contributed by atoms with Crippen LogP contribution in [0.5, 0.6) is 0 Å². The Morgan fingerprint density at radius 3 is 2.72 bits per heavy atom. The van der Waals surface area contributed by atoms with E-state index in [4.69, 9.17) is 0 Å². The Labute approximate surface area is 110 Å². The fourth-order valence-corrected chi connectivity index (χ4v) is 2.70. The van der Waals surface area contributed by atoms with E-state index in [0.717, 1.165) is 18.5 Å². The van der Waals surface area contributed by atoms with Gasteiger partial charge >= 0.3 is 0 Å². The lowest BCUT2D eigenvalue weighted by atomic mass is 10.00. The van der Waals surface area contributed by atoms with Gasteiger partial charge < -0.3 is 5.32 Å². The van der Waals surface area contributed by atoms with Crippen molar-refractivity contribution in [3.63, 3.8) is 0 Å². The summed E-state index contributed by atoms with van der Waals surface area (Å²) in [6.07, 6.45) is 6.41. The molecule has 1 aromatic rings. The van der Waals surface area contributed by atoms with E-state index in [-0.39, 0.29) is 11.8 Å². The molecule has 1 aromatic heterocycles. The molecule has 0 aliphatic heterocycles. The lowest BCUT2D eigenvalue weighted by molar-refractivity contribution is 0.504. The zero-order valence-electron chi connectivity index (χ0n) is 11.3. The minimum absolute atomic E-state index is 0.186. The van der Waals surface area contributed by atoms with Crippen LogP contribution in [0.15, 0.2) is 18.5 Å². The van der Waals surface area contributed by atoms with Crippen molar-refractivity contribution in [2.45, 2.75) is 32.7 Å². The number of pyridine rings is 1. The highest BCUT2D eigenvalue weighted by Gasteiger charge is 2.13. The molecule has 0 aliphatic carbocycles. The third-order valence-corrected chi connectivity index (χ3v) is 3.94. The van der Waals surface area contributed by atoms with Crippen LogP contribution in [0.1, 0.15) is 36.9 Å². The number of aromatic nitrogens is 1. The standard InChI is InChI=1S/C13H22N2O2S/c1-4-15-13(6-5-9-18(3,16)17)12-10-14-8-7-11(12)2/h7-8,10,13,15H,4-6,9H2,1-3H3. The van der Waals surface area contributed by atoms with Crippen molar-refractivity contribution in [1.29, 1.82) is 0 Å². The van der Waals surface area contributed by atoms with Gasteiger partial charge in [0.25, 0.3) is 0 Å². The van der Waals surface area contributed by atoms with E-state index in [0.29, 0.717) is 6.42 Å². The van der Waals surface area contributed by atoms with Crippen LogP contribution in [-0.4, -0.2) is 32.0 Å². The number of aryl methyl sites for hydroxylation is 1. The van der Waals surface area contributed by atoms with Crippen LogP contribution in [0.25, 0.3) is 0 Å². The summed E-state index contributed by atoms with van der Waals surface area (Å²) in [4.78, 5) is 4.15. The predicted octanol–water partition coefficient (Wildman–Crippen LogP) is 1.87. The molecule has 5 heteroatoms. The molecule has 102 valence electrons. The summed E-state index contributed by atoms with van der Waals surface area (Å²) in [5.41, 5.74) is 2.35. The molecular formula is C13H22N2O2S. The SMILES string of the molecule is CCNC(CCCS(C)(=O)=O)c1cnccc1C. The molecule has 0 aliphatic rings. The van der Waals surface area contributed by atoms with Crippen LogP contribution in [0, 0.1) is 6.92 Å². The molecular weight excluding hydrogens is 248 g/mol. The Morgan fingerprint density at radius 2 is 2.17 bits per heavy atom. The number of rotatable bonds is 7. The van der Waals surface area contributed by atoms with E-state index in [1.165, 1.54) is 11.8 Å². The van der Waals surface area contributed by atoms with Gasteiger partial charge in [-0.15, -0.1) is 0 Å². The van der Waals surface area contributed by atoms with E-state index in [2.05, 4.69) is 24.1 Å². The zero-order chi connectivity index (χ0) is 13.6. The maximum absolute atomic E-state index is 11.1. The highest BCUT2D eigenvalue weighted by Crippen LogP contribution is 2.21. The average Bonchev–Trinajstić information content (AvgIpc) is 2.27. The Kier molecular flexibility index (Phi) is 5.75. The molecule has 0 aromatic carbocycles. The van der Waals surface area contributed by atoms with Crippen LogP contribution in [0.3, 0.4) is 0 Å². The summed E-state index contributed by atoms with van der Waals surface area (Å²) in [5.74, 6) is 0.244. The molecule has 1 atom stereocenters. The highest BCUT2D eigenvalue weighted by molar-refractivity contribution is 7.90. The van der Waals surface area contributed by atoms with Gasteiger partial charge in [0.2, 0.25) is 0 Å². The normalized spacial score (nSPS) is 13.5. The molecule has 0 amide bonds. The second-order valence-electron chi connectivity index (χ2n) is 4.61. The first-order chi connectivity index (χ1) is 8.44. The smallest absolute Gasteiger partial charge is 0.147 e. The number of nitrogens with one attached hydrogen (secondary N) is 1. The third kappa shape index (κ3) is 5.14. The quantitative estimate of drug-likeness (QED) is 0.821. The van der Waals surface area contributed by atoms with Crippen molar-refractivity contribution in [2.75, 3.05) is 18.6 Å². The molecule has 1 N–H and O–H groups in total. The lowest BCUT2D eigenvalue weighted by Crippen LogP contribution is -2.22. The largest absolute Gasteiger partial charge is 0.310 e. The monoisotopic (exact) mass is 270 g/mol. The Balaban J connectivity index is 2.69. The Bertz CT molecular complexity index is 472. The van der Waals surface area contributed by atoms with Crippen molar-refractivity contribution in [1.82, 2.24) is 10.3 Å². The van der Waals surface area contributed by atoms with Crippen LogP contribution in [0.2, 0.25) is 0 Å². The predicted molar refractivity (Wildman–Crippen MR) is 74.3 cm³/mol. The van der Waals surface area contributed by atoms with Crippen molar-refractivity contribution >= 4 is 9.84 Å². The second-order valence-corrected chi connectivity index (χ2v) is 6.87. The third-order valence-electron chi connectivity index (χ3n) is 2.91. The van der Waals surface area contributed by atoms with Crippen LogP contribution in [0.4, 0.5) is 0 Å². The molecule has 1 unspecified atom stereocenters. The van der Waals surface area contributed by atoms with Crippen molar-refractivity contribution in [3.8, 4) is 0 Å². The maximum atomic E-state index is 11.1. The van der Waals surface area contributed by atoms with Gasteiger partial charge in [-0.25, -0.2) is 8.42 Å². The topological polar surface area (TPSA) is 59.1 Å². The van der Waals surface area contributed by atoms with E-state index >= 15 is 0 Å². The number of hydrogen-bond donors (Lipinski definition) is 1. The average molecular weight is 270 g/mol. The minimum atomic E-state index is -2.87. The van der Waals surface area contributed by atoms with E-state index < -0.39 is 9.84 Å². The van der Waals surface area contributed by atoms with Crippen LogP contribution >= 0.6 is 0 Å². The molecule has 0 saturated carbocycles. The van der Waals surface area contributed by atoms with E-state index in [9.17, 15) is 8.42 Å². The van der Waals surface area contributed by atoms with Gasteiger partial charge in [0.1, 0.15) is 9.84 Å². The summed E-state index contributed by atoms with van der Waals surface area (Å²) in [7, 11) is -2.87. The molecule has 0 radical (unpaired) electrons. The molecule has 4 nitrogen and oxygen atoms in total. The van der Waals surface area contributed by atoms with Gasteiger partial charge in [-0.1, -0.05) is 6.92 Å². The van der Waals surface area contributed by atoms with Gasteiger partial charge in [-0.05, 0) is 43.5 Å². The van der Waals surface area contributed by atoms with Crippen molar-refractivity contribution in [2.24, 2.45) is 0 Å². The molecule has 0 bridgehead atoms. The summed E-state index contributed by atoms with van der Waals surface area (Å²) in [6.45, 7) is 4.96. The molecule has 0 saturated heterocycles.